The Morgan fingerprint density at radius 1 is 1.55 bits per heavy atom. The van der Waals surface area contributed by atoms with E-state index in [1.54, 1.807) is 0 Å². The van der Waals surface area contributed by atoms with Gasteiger partial charge >= 0.3 is 11.7 Å². The van der Waals surface area contributed by atoms with E-state index in [9.17, 15) is 20.0 Å². The zero-order valence-electron chi connectivity index (χ0n) is 11.2. The van der Waals surface area contributed by atoms with Crippen molar-refractivity contribution < 1.29 is 14.8 Å². The Kier molecular flexibility index (Phi) is 3.87. The lowest BCUT2D eigenvalue weighted by atomic mass is 9.77. The Labute approximate surface area is 116 Å². The second kappa shape index (κ2) is 5.44. The minimum atomic E-state index is -1.13. The van der Waals surface area contributed by atoms with E-state index in [0.717, 1.165) is 19.0 Å². The maximum atomic E-state index is 11.6. The van der Waals surface area contributed by atoms with Gasteiger partial charge in [-0.1, -0.05) is 6.92 Å². The molecule has 1 fully saturated rings. The summed E-state index contributed by atoms with van der Waals surface area (Å²) in [7, 11) is 0. The third-order valence-corrected chi connectivity index (χ3v) is 3.91. The molecule has 0 amide bonds. The quantitative estimate of drug-likeness (QED) is 0.647. The van der Waals surface area contributed by atoms with Crippen molar-refractivity contribution in [2.45, 2.75) is 38.1 Å². The number of rotatable bonds is 4. The summed E-state index contributed by atoms with van der Waals surface area (Å²) in [5.74, 6) is -0.479. The van der Waals surface area contributed by atoms with Gasteiger partial charge in [-0.15, -0.1) is 0 Å². The fourth-order valence-corrected chi connectivity index (χ4v) is 2.54. The van der Waals surface area contributed by atoms with E-state index in [1.807, 2.05) is 0 Å². The molecular weight excluding hydrogens is 262 g/mol. The van der Waals surface area contributed by atoms with Crippen molar-refractivity contribution in [3.8, 4) is 0 Å². The van der Waals surface area contributed by atoms with Gasteiger partial charge < -0.3 is 10.4 Å². The Hall–Kier alpha value is -2.18. The van der Waals surface area contributed by atoms with Crippen LogP contribution in [-0.4, -0.2) is 26.5 Å². The molecule has 0 radical (unpaired) electrons. The number of nitrogens with zero attached hydrogens (tertiary/aromatic N) is 2. The van der Waals surface area contributed by atoms with Gasteiger partial charge in [-0.25, -0.2) is 4.79 Å². The number of anilines is 1. The molecule has 108 valence electrons. The van der Waals surface area contributed by atoms with Crippen LogP contribution >= 0.6 is 0 Å². The van der Waals surface area contributed by atoms with Crippen molar-refractivity contribution in [3.63, 3.8) is 0 Å². The molecule has 0 spiro atoms. The van der Waals surface area contributed by atoms with Gasteiger partial charge in [-0.05, 0) is 37.7 Å². The van der Waals surface area contributed by atoms with Gasteiger partial charge in [0, 0.05) is 6.20 Å². The number of aromatic nitrogens is 1. The highest BCUT2D eigenvalue weighted by molar-refractivity contribution is 5.84. The number of nitro groups is 1. The third kappa shape index (κ3) is 2.71. The maximum Gasteiger partial charge on any atom is 0.329 e. The smallest absolute Gasteiger partial charge is 0.329 e. The molecule has 2 rings (SSSR count). The standard InChI is InChI=1S/C13H17N3O4/c1-9-2-5-13(6-3-9,12(17)18)15-10-4-7-14-8-11(10)16(19)20/h4,7-9H,2-3,5-6H2,1H3,(H,14,15)(H,17,18). The molecule has 7 nitrogen and oxygen atoms in total. The average molecular weight is 279 g/mol. The number of nitrogens with one attached hydrogen (secondary N) is 1. The minimum Gasteiger partial charge on any atom is -0.480 e. The van der Waals surface area contributed by atoms with Crippen LogP contribution in [-0.2, 0) is 4.79 Å². The lowest BCUT2D eigenvalue weighted by Gasteiger charge is -2.37. The number of carboxylic acid groups (broad SMARTS) is 1. The Balaban J connectivity index is 2.30. The van der Waals surface area contributed by atoms with E-state index < -0.39 is 16.4 Å². The summed E-state index contributed by atoms with van der Waals surface area (Å²) < 4.78 is 0. The summed E-state index contributed by atoms with van der Waals surface area (Å²) in [4.78, 5) is 25.7. The SMILES string of the molecule is CC1CCC(Nc2ccncc2[N+](=O)[O-])(C(=O)O)CC1. The van der Waals surface area contributed by atoms with Crippen molar-refractivity contribution in [1.82, 2.24) is 4.98 Å². The van der Waals surface area contributed by atoms with E-state index in [1.165, 1.54) is 12.3 Å². The first-order valence-electron chi connectivity index (χ1n) is 6.54. The molecule has 0 aromatic carbocycles. The molecule has 1 aromatic heterocycles. The molecule has 0 aliphatic heterocycles. The van der Waals surface area contributed by atoms with Crippen molar-refractivity contribution in [1.29, 1.82) is 0 Å². The highest BCUT2D eigenvalue weighted by atomic mass is 16.6. The second-order valence-corrected chi connectivity index (χ2v) is 5.34. The highest BCUT2D eigenvalue weighted by Crippen LogP contribution is 2.36. The number of carbonyl (C=O) groups is 1. The lowest BCUT2D eigenvalue weighted by Crippen LogP contribution is -2.49. The van der Waals surface area contributed by atoms with Gasteiger partial charge in [0.15, 0.2) is 0 Å². The zero-order chi connectivity index (χ0) is 14.8. The first kappa shape index (κ1) is 14.2. The van der Waals surface area contributed by atoms with Crippen molar-refractivity contribution in [3.05, 3.63) is 28.6 Å². The average Bonchev–Trinajstić information content (AvgIpc) is 2.41. The van der Waals surface area contributed by atoms with Crippen molar-refractivity contribution in [2.24, 2.45) is 5.92 Å². The van der Waals surface area contributed by atoms with Gasteiger partial charge in [-0.3, -0.25) is 15.1 Å². The molecule has 1 aliphatic rings. The van der Waals surface area contributed by atoms with Crippen LogP contribution in [0.25, 0.3) is 0 Å². The van der Waals surface area contributed by atoms with Crippen LogP contribution in [0.1, 0.15) is 32.6 Å². The summed E-state index contributed by atoms with van der Waals surface area (Å²) in [5, 5.41) is 23.4. The molecular formula is C13H17N3O4. The summed E-state index contributed by atoms with van der Waals surface area (Å²) in [6, 6.07) is 1.45. The molecule has 1 aliphatic carbocycles. The molecule has 20 heavy (non-hydrogen) atoms. The second-order valence-electron chi connectivity index (χ2n) is 5.34. The van der Waals surface area contributed by atoms with Crippen LogP contribution < -0.4 is 5.32 Å². The summed E-state index contributed by atoms with van der Waals surface area (Å²) in [5.41, 5.74) is -1.12. The topological polar surface area (TPSA) is 105 Å². The van der Waals surface area contributed by atoms with Gasteiger partial charge in [0.2, 0.25) is 0 Å². The number of hydrogen-bond acceptors (Lipinski definition) is 5. The van der Waals surface area contributed by atoms with Gasteiger partial charge in [0.05, 0.1) is 4.92 Å². The summed E-state index contributed by atoms with van der Waals surface area (Å²) in [6.45, 7) is 2.08. The molecule has 1 heterocycles. The van der Waals surface area contributed by atoms with Gasteiger partial charge in [0.1, 0.15) is 17.4 Å². The molecule has 7 heteroatoms. The molecule has 0 atom stereocenters. The molecule has 1 aromatic rings. The number of carboxylic acids is 1. The number of aliphatic carboxylic acids is 1. The van der Waals surface area contributed by atoms with Crippen molar-refractivity contribution >= 4 is 17.3 Å². The Bertz CT molecular complexity index is 524. The fraction of sp³-hybridized carbons (Fsp3) is 0.538. The van der Waals surface area contributed by atoms with Crippen LogP contribution in [0, 0.1) is 16.0 Å². The number of pyridine rings is 1. The Morgan fingerprint density at radius 2 is 2.20 bits per heavy atom. The van der Waals surface area contributed by atoms with E-state index in [-0.39, 0.29) is 11.4 Å². The van der Waals surface area contributed by atoms with E-state index >= 15 is 0 Å². The highest BCUT2D eigenvalue weighted by Gasteiger charge is 2.42. The minimum absolute atomic E-state index is 0.202. The van der Waals surface area contributed by atoms with Crippen molar-refractivity contribution in [2.75, 3.05) is 5.32 Å². The largest absolute Gasteiger partial charge is 0.480 e. The fourth-order valence-electron chi connectivity index (χ4n) is 2.54. The lowest BCUT2D eigenvalue weighted by molar-refractivity contribution is -0.384. The molecule has 1 saturated carbocycles. The zero-order valence-corrected chi connectivity index (χ0v) is 11.2. The third-order valence-electron chi connectivity index (χ3n) is 3.91. The molecule has 0 bridgehead atoms. The monoisotopic (exact) mass is 279 g/mol. The molecule has 2 N–H and O–H groups in total. The maximum absolute atomic E-state index is 11.6. The van der Waals surface area contributed by atoms with E-state index in [0.29, 0.717) is 18.8 Å². The van der Waals surface area contributed by atoms with Crippen LogP contribution in [0.2, 0.25) is 0 Å². The normalized spacial score (nSPS) is 25.9. The number of hydrogen-bond donors (Lipinski definition) is 2. The molecule has 0 unspecified atom stereocenters. The van der Waals surface area contributed by atoms with Crippen LogP contribution in [0.5, 0.6) is 0 Å². The predicted molar refractivity (Wildman–Crippen MR) is 72.5 cm³/mol. The predicted octanol–water partition coefficient (Wildman–Crippen LogP) is 2.44. The Morgan fingerprint density at radius 3 is 2.75 bits per heavy atom. The molecule has 0 saturated heterocycles. The summed E-state index contributed by atoms with van der Waals surface area (Å²) >= 11 is 0. The first-order chi connectivity index (χ1) is 9.44. The van der Waals surface area contributed by atoms with E-state index in [2.05, 4.69) is 17.2 Å². The van der Waals surface area contributed by atoms with Crippen LogP contribution in [0.3, 0.4) is 0 Å². The first-order valence-corrected chi connectivity index (χ1v) is 6.54. The van der Waals surface area contributed by atoms with Crippen LogP contribution in [0.4, 0.5) is 11.4 Å². The van der Waals surface area contributed by atoms with Gasteiger partial charge in [-0.2, -0.15) is 0 Å². The van der Waals surface area contributed by atoms with Crippen LogP contribution in [0.15, 0.2) is 18.5 Å². The van der Waals surface area contributed by atoms with Gasteiger partial charge in [0.25, 0.3) is 0 Å². The summed E-state index contributed by atoms with van der Waals surface area (Å²) in [6.07, 6.45) is 5.04. The van der Waals surface area contributed by atoms with E-state index in [4.69, 9.17) is 0 Å².